The molecule has 0 radical (unpaired) electrons. The van der Waals surface area contributed by atoms with Crippen LogP contribution in [0.15, 0.2) is 36.9 Å². The summed E-state index contributed by atoms with van der Waals surface area (Å²) >= 11 is 0. The maximum atomic E-state index is 12.4. The summed E-state index contributed by atoms with van der Waals surface area (Å²) in [6.45, 7) is 11.1. The van der Waals surface area contributed by atoms with Crippen molar-refractivity contribution in [1.82, 2.24) is 4.90 Å². The largest absolute Gasteiger partial charge is 0.444 e. The number of ether oxygens (including phenoxy) is 1. The molecule has 0 unspecified atom stereocenters. The molecule has 1 saturated heterocycles. The zero-order valence-corrected chi connectivity index (χ0v) is 17.1. The number of rotatable bonds is 6. The number of nitrogens with one attached hydrogen (secondary N) is 1. The third-order valence-electron chi connectivity index (χ3n) is 5.58. The molecular formula is C23H34N2O2. The highest BCUT2D eigenvalue weighted by atomic mass is 16.6. The van der Waals surface area contributed by atoms with E-state index in [9.17, 15) is 4.79 Å². The summed E-state index contributed by atoms with van der Waals surface area (Å²) in [6, 6.07) is 8.73. The van der Waals surface area contributed by atoms with E-state index in [1.54, 1.807) is 0 Å². The number of benzene rings is 1. The van der Waals surface area contributed by atoms with Gasteiger partial charge in [0.2, 0.25) is 0 Å². The molecule has 0 aromatic heterocycles. The number of allylic oxidation sites excluding steroid dienone is 1. The molecule has 0 spiro atoms. The first kappa shape index (κ1) is 19.8. The number of amides is 1. The summed E-state index contributed by atoms with van der Waals surface area (Å²) in [5, 5.41) is 3.90. The Morgan fingerprint density at radius 2 is 1.96 bits per heavy atom. The minimum atomic E-state index is -0.448. The molecule has 1 N–H and O–H groups in total. The lowest BCUT2D eigenvalue weighted by Crippen LogP contribution is -2.51. The molecule has 1 aliphatic heterocycles. The lowest BCUT2D eigenvalue weighted by Gasteiger charge is -2.43. The Morgan fingerprint density at radius 3 is 2.56 bits per heavy atom. The maximum Gasteiger partial charge on any atom is 0.410 e. The molecule has 0 atom stereocenters. The highest BCUT2D eigenvalue weighted by molar-refractivity contribution is 5.68. The van der Waals surface area contributed by atoms with Crippen molar-refractivity contribution in [2.24, 2.45) is 0 Å². The van der Waals surface area contributed by atoms with Crippen molar-refractivity contribution < 1.29 is 9.53 Å². The number of piperidine rings is 1. The second-order valence-corrected chi connectivity index (χ2v) is 9.06. The number of anilines is 1. The monoisotopic (exact) mass is 370 g/mol. The van der Waals surface area contributed by atoms with Crippen molar-refractivity contribution in [3.8, 4) is 0 Å². The Hall–Kier alpha value is -1.97. The maximum absolute atomic E-state index is 12.4. The fourth-order valence-electron chi connectivity index (χ4n) is 3.91. The van der Waals surface area contributed by atoms with Crippen LogP contribution in [0.2, 0.25) is 0 Å². The molecule has 2 aliphatic rings. The van der Waals surface area contributed by atoms with Gasteiger partial charge in [-0.3, -0.25) is 0 Å². The molecule has 27 heavy (non-hydrogen) atoms. The molecule has 0 bridgehead atoms. The normalized spacial score (nSPS) is 19.4. The fourth-order valence-corrected chi connectivity index (χ4v) is 3.91. The molecule has 148 valence electrons. The van der Waals surface area contributed by atoms with Crippen molar-refractivity contribution in [1.29, 1.82) is 0 Å². The molecule has 4 heteroatoms. The van der Waals surface area contributed by atoms with Crippen molar-refractivity contribution in [3.63, 3.8) is 0 Å². The van der Waals surface area contributed by atoms with Crippen LogP contribution in [-0.2, 0) is 4.74 Å². The molecule has 4 nitrogen and oxygen atoms in total. The van der Waals surface area contributed by atoms with Crippen molar-refractivity contribution in [2.45, 2.75) is 76.4 Å². The molecule has 1 aromatic rings. The molecule has 2 fully saturated rings. The second kappa shape index (κ2) is 7.95. The molecular weight excluding hydrogens is 336 g/mol. The standard InChI is InChI=1S/C23H34N2O2/c1-5-6-13-23(24-20-10-8-7-9-19(20)18-11-12-18)14-16-25(17-15-23)21(26)27-22(2,3)4/h5,7-10,18,24H,1,6,11-17H2,2-4H3. The van der Waals surface area contributed by atoms with Crippen LogP contribution < -0.4 is 5.32 Å². The zero-order valence-electron chi connectivity index (χ0n) is 17.1. The first-order chi connectivity index (χ1) is 12.8. The summed E-state index contributed by atoms with van der Waals surface area (Å²) in [4.78, 5) is 14.3. The van der Waals surface area contributed by atoms with E-state index in [4.69, 9.17) is 4.74 Å². The van der Waals surface area contributed by atoms with E-state index in [0.29, 0.717) is 5.92 Å². The van der Waals surface area contributed by atoms with E-state index in [1.165, 1.54) is 24.1 Å². The number of hydrogen-bond donors (Lipinski definition) is 1. The minimum Gasteiger partial charge on any atom is -0.444 e. The van der Waals surface area contributed by atoms with E-state index in [2.05, 4.69) is 36.2 Å². The number of nitrogens with zero attached hydrogens (tertiary/aromatic N) is 1. The Bertz CT molecular complexity index is 665. The molecule has 1 amide bonds. The van der Waals surface area contributed by atoms with Gasteiger partial charge in [-0.05, 0) is 76.8 Å². The third-order valence-corrected chi connectivity index (χ3v) is 5.58. The molecule has 1 aliphatic carbocycles. The van der Waals surface area contributed by atoms with E-state index in [1.807, 2.05) is 31.7 Å². The predicted molar refractivity (Wildman–Crippen MR) is 111 cm³/mol. The van der Waals surface area contributed by atoms with E-state index >= 15 is 0 Å². The van der Waals surface area contributed by atoms with Gasteiger partial charge < -0.3 is 15.0 Å². The highest BCUT2D eigenvalue weighted by Gasteiger charge is 2.37. The van der Waals surface area contributed by atoms with Gasteiger partial charge in [0.05, 0.1) is 0 Å². The van der Waals surface area contributed by atoms with E-state index < -0.39 is 5.60 Å². The number of para-hydroxylation sites is 1. The van der Waals surface area contributed by atoms with Gasteiger partial charge in [-0.15, -0.1) is 6.58 Å². The summed E-state index contributed by atoms with van der Waals surface area (Å²) < 4.78 is 5.55. The predicted octanol–water partition coefficient (Wildman–Crippen LogP) is 5.71. The number of likely N-dealkylation sites (tertiary alicyclic amines) is 1. The van der Waals surface area contributed by atoms with Crippen LogP contribution >= 0.6 is 0 Å². The molecule has 1 saturated carbocycles. The summed E-state index contributed by atoms with van der Waals surface area (Å²) in [7, 11) is 0. The third kappa shape index (κ3) is 5.27. The first-order valence-electron chi connectivity index (χ1n) is 10.3. The number of carbonyl (C=O) groups is 1. The minimum absolute atomic E-state index is 0.0116. The Balaban J connectivity index is 1.70. The summed E-state index contributed by atoms with van der Waals surface area (Å²) in [5.41, 5.74) is 2.29. The van der Waals surface area contributed by atoms with Crippen LogP contribution in [0.5, 0.6) is 0 Å². The van der Waals surface area contributed by atoms with E-state index in [0.717, 1.165) is 38.8 Å². The topological polar surface area (TPSA) is 41.6 Å². The van der Waals surface area contributed by atoms with Crippen LogP contribution in [0.4, 0.5) is 10.5 Å². The van der Waals surface area contributed by atoms with Gasteiger partial charge in [-0.2, -0.15) is 0 Å². The fraction of sp³-hybridized carbons (Fsp3) is 0.609. The highest BCUT2D eigenvalue weighted by Crippen LogP contribution is 2.44. The van der Waals surface area contributed by atoms with Gasteiger partial charge in [-0.25, -0.2) is 4.79 Å². The number of hydrogen-bond acceptors (Lipinski definition) is 3. The summed E-state index contributed by atoms with van der Waals surface area (Å²) in [6.07, 6.45) is 8.27. The Morgan fingerprint density at radius 1 is 1.30 bits per heavy atom. The molecule has 1 aromatic carbocycles. The van der Waals surface area contributed by atoms with E-state index in [-0.39, 0.29) is 11.6 Å². The quantitative estimate of drug-likeness (QED) is 0.652. The van der Waals surface area contributed by atoms with Gasteiger partial charge in [-0.1, -0.05) is 24.3 Å². The zero-order chi connectivity index (χ0) is 19.5. The average Bonchev–Trinajstić information content (AvgIpc) is 3.45. The summed E-state index contributed by atoms with van der Waals surface area (Å²) in [5.74, 6) is 0.715. The van der Waals surface area contributed by atoms with Crippen LogP contribution in [0, 0.1) is 0 Å². The van der Waals surface area contributed by atoms with Gasteiger partial charge in [0.25, 0.3) is 0 Å². The van der Waals surface area contributed by atoms with Crippen molar-refractivity contribution >= 4 is 11.8 Å². The molecule has 1 heterocycles. The van der Waals surface area contributed by atoms with Crippen LogP contribution in [0.25, 0.3) is 0 Å². The lowest BCUT2D eigenvalue weighted by molar-refractivity contribution is 0.0174. The van der Waals surface area contributed by atoms with Crippen LogP contribution in [0.1, 0.15) is 70.8 Å². The van der Waals surface area contributed by atoms with Gasteiger partial charge in [0.15, 0.2) is 0 Å². The molecule has 3 rings (SSSR count). The van der Waals surface area contributed by atoms with Crippen molar-refractivity contribution in [2.75, 3.05) is 18.4 Å². The lowest BCUT2D eigenvalue weighted by atomic mass is 9.82. The van der Waals surface area contributed by atoms with Crippen molar-refractivity contribution in [3.05, 3.63) is 42.5 Å². The SMILES string of the molecule is C=CCCC1(Nc2ccccc2C2CC2)CCN(C(=O)OC(C)(C)C)CC1. The van der Waals surface area contributed by atoms with Gasteiger partial charge in [0, 0.05) is 24.3 Å². The van der Waals surface area contributed by atoms with Crippen LogP contribution in [-0.4, -0.2) is 35.2 Å². The Labute approximate surface area is 164 Å². The first-order valence-corrected chi connectivity index (χ1v) is 10.3. The number of carbonyl (C=O) groups excluding carboxylic acids is 1. The van der Waals surface area contributed by atoms with Crippen LogP contribution in [0.3, 0.4) is 0 Å². The van der Waals surface area contributed by atoms with Gasteiger partial charge >= 0.3 is 6.09 Å². The second-order valence-electron chi connectivity index (χ2n) is 9.06. The Kier molecular flexibility index (Phi) is 5.83. The average molecular weight is 371 g/mol. The smallest absolute Gasteiger partial charge is 0.410 e. The van der Waals surface area contributed by atoms with Gasteiger partial charge in [0.1, 0.15) is 5.60 Å².